The number of aryl methyl sites for hydroxylation is 2. The maximum Gasteiger partial charge on any atom is 0.333 e. The molecule has 0 atom stereocenters. The number of nitrogens with one attached hydrogen (secondary N) is 1. The van der Waals surface area contributed by atoms with E-state index in [-0.39, 0.29) is 5.69 Å². The van der Waals surface area contributed by atoms with Gasteiger partial charge in [0.25, 0.3) is 5.91 Å². The van der Waals surface area contributed by atoms with Crippen molar-refractivity contribution < 1.29 is 13.6 Å². The summed E-state index contributed by atoms with van der Waals surface area (Å²) in [6, 6.07) is 9.26. The van der Waals surface area contributed by atoms with Crippen LogP contribution in [-0.4, -0.2) is 25.5 Å². The molecule has 0 bridgehead atoms. The van der Waals surface area contributed by atoms with Crippen LogP contribution in [0, 0.1) is 20.8 Å². The van der Waals surface area contributed by atoms with Gasteiger partial charge < -0.3 is 5.32 Å². The van der Waals surface area contributed by atoms with Crippen LogP contribution in [0.5, 0.6) is 0 Å². The van der Waals surface area contributed by atoms with Crippen molar-refractivity contribution in [2.24, 2.45) is 0 Å². The molecule has 136 valence electrons. The second-order valence-electron chi connectivity index (χ2n) is 6.04. The molecule has 26 heavy (non-hydrogen) atoms. The van der Waals surface area contributed by atoms with E-state index in [4.69, 9.17) is 0 Å². The van der Waals surface area contributed by atoms with E-state index in [1.54, 1.807) is 6.92 Å². The lowest BCUT2D eigenvalue weighted by molar-refractivity contribution is 0.0561. The van der Waals surface area contributed by atoms with Gasteiger partial charge in [-0.3, -0.25) is 9.48 Å². The third kappa shape index (κ3) is 3.49. The first-order valence-corrected chi connectivity index (χ1v) is 8.10. The Labute approximate surface area is 149 Å². The van der Waals surface area contributed by atoms with Crippen molar-refractivity contribution in [3.8, 4) is 0 Å². The van der Waals surface area contributed by atoms with Gasteiger partial charge >= 0.3 is 6.55 Å². The van der Waals surface area contributed by atoms with Crippen molar-refractivity contribution in [1.82, 2.24) is 19.6 Å². The number of nitrogens with zero attached hydrogens (tertiary/aromatic N) is 4. The topological polar surface area (TPSA) is 64.7 Å². The molecular weight excluding hydrogens is 340 g/mol. The minimum absolute atomic E-state index is 0.0734. The maximum atomic E-state index is 12.6. The van der Waals surface area contributed by atoms with E-state index >= 15 is 0 Å². The van der Waals surface area contributed by atoms with Crippen molar-refractivity contribution in [3.05, 3.63) is 64.7 Å². The monoisotopic (exact) mass is 359 g/mol. The molecule has 3 aromatic rings. The van der Waals surface area contributed by atoms with Crippen molar-refractivity contribution in [2.45, 2.75) is 33.9 Å². The molecule has 0 aliphatic carbocycles. The first-order valence-electron chi connectivity index (χ1n) is 8.10. The number of hydrogen-bond acceptors (Lipinski definition) is 3. The second-order valence-corrected chi connectivity index (χ2v) is 6.04. The van der Waals surface area contributed by atoms with Gasteiger partial charge in [0.1, 0.15) is 0 Å². The number of amides is 1. The van der Waals surface area contributed by atoms with E-state index in [0.29, 0.717) is 22.6 Å². The molecule has 0 saturated carbocycles. The number of aromatic nitrogens is 4. The standard InChI is InChI=1S/C18H19F2N5O/c1-11-6-4-5-7-14(11)10-25-13(3)16(12(2)22-25)21-17(26)15-8-9-24(23-15)18(19)20/h4-9,18H,10H2,1-3H3,(H,21,26). The molecule has 0 fully saturated rings. The zero-order valence-corrected chi connectivity index (χ0v) is 14.7. The Morgan fingerprint density at radius 1 is 1.15 bits per heavy atom. The van der Waals surface area contributed by atoms with Gasteiger partial charge in [0, 0.05) is 6.20 Å². The van der Waals surface area contributed by atoms with Crippen LogP contribution >= 0.6 is 0 Å². The van der Waals surface area contributed by atoms with Crippen LogP contribution in [0.2, 0.25) is 0 Å². The average molecular weight is 359 g/mol. The number of anilines is 1. The Balaban J connectivity index is 1.81. The molecule has 1 aromatic carbocycles. The van der Waals surface area contributed by atoms with Crippen LogP contribution in [0.25, 0.3) is 0 Å². The zero-order valence-electron chi connectivity index (χ0n) is 14.7. The highest BCUT2D eigenvalue weighted by Crippen LogP contribution is 2.22. The Kier molecular flexibility index (Phi) is 4.83. The van der Waals surface area contributed by atoms with Gasteiger partial charge in [0.05, 0.1) is 23.6 Å². The van der Waals surface area contributed by atoms with Crippen LogP contribution in [0.3, 0.4) is 0 Å². The van der Waals surface area contributed by atoms with E-state index < -0.39 is 12.5 Å². The third-order valence-corrected chi connectivity index (χ3v) is 4.24. The predicted molar refractivity (Wildman–Crippen MR) is 93.4 cm³/mol. The normalized spacial score (nSPS) is 11.2. The number of benzene rings is 1. The molecule has 1 N–H and O–H groups in total. The Hall–Kier alpha value is -3.03. The predicted octanol–water partition coefficient (Wildman–Crippen LogP) is 3.70. The molecule has 0 aliphatic heterocycles. The van der Waals surface area contributed by atoms with Gasteiger partial charge in [-0.05, 0) is 38.0 Å². The summed E-state index contributed by atoms with van der Waals surface area (Å²) >= 11 is 0. The first-order chi connectivity index (χ1) is 12.4. The van der Waals surface area contributed by atoms with Gasteiger partial charge in [-0.1, -0.05) is 24.3 Å². The maximum absolute atomic E-state index is 12.6. The molecule has 3 rings (SSSR count). The van der Waals surface area contributed by atoms with E-state index in [9.17, 15) is 13.6 Å². The minimum Gasteiger partial charge on any atom is -0.317 e. The van der Waals surface area contributed by atoms with Crippen LogP contribution in [-0.2, 0) is 6.54 Å². The SMILES string of the molecule is Cc1ccccc1Cn1nc(C)c(NC(=O)c2ccn(C(F)F)n2)c1C. The minimum atomic E-state index is -2.78. The van der Waals surface area contributed by atoms with E-state index in [2.05, 4.69) is 15.5 Å². The van der Waals surface area contributed by atoms with Crippen molar-refractivity contribution in [2.75, 3.05) is 5.32 Å². The summed E-state index contributed by atoms with van der Waals surface area (Å²) in [6.45, 7) is 3.47. The van der Waals surface area contributed by atoms with Gasteiger partial charge in [-0.15, -0.1) is 0 Å². The first kappa shape index (κ1) is 17.8. The summed E-state index contributed by atoms with van der Waals surface area (Å²) in [7, 11) is 0. The second kappa shape index (κ2) is 7.07. The fourth-order valence-corrected chi connectivity index (χ4v) is 2.73. The number of halogens is 2. The van der Waals surface area contributed by atoms with Gasteiger partial charge in [-0.2, -0.15) is 19.0 Å². The van der Waals surface area contributed by atoms with Crippen LogP contribution in [0.4, 0.5) is 14.5 Å². The number of carbonyl (C=O) groups excluding carboxylic acids is 1. The molecule has 0 aliphatic rings. The lowest BCUT2D eigenvalue weighted by atomic mass is 10.1. The summed E-state index contributed by atoms with van der Waals surface area (Å²) in [5, 5.41) is 10.8. The molecular formula is C18H19F2N5O. The van der Waals surface area contributed by atoms with E-state index in [1.165, 1.54) is 6.07 Å². The fourth-order valence-electron chi connectivity index (χ4n) is 2.73. The Morgan fingerprint density at radius 2 is 1.88 bits per heavy atom. The molecule has 0 spiro atoms. The van der Waals surface area contributed by atoms with Gasteiger partial charge in [-0.25, -0.2) is 4.68 Å². The highest BCUT2D eigenvalue weighted by Gasteiger charge is 2.18. The zero-order chi connectivity index (χ0) is 18.8. The Bertz CT molecular complexity index is 945. The summed E-state index contributed by atoms with van der Waals surface area (Å²) in [4.78, 5) is 12.3. The van der Waals surface area contributed by atoms with Crippen molar-refractivity contribution in [1.29, 1.82) is 0 Å². The summed E-state index contributed by atoms with van der Waals surface area (Å²) in [5.41, 5.74) is 4.21. The summed E-state index contributed by atoms with van der Waals surface area (Å²) in [5.74, 6) is -0.550. The quantitative estimate of drug-likeness (QED) is 0.755. The summed E-state index contributed by atoms with van der Waals surface area (Å²) < 4.78 is 27.4. The molecule has 1 amide bonds. The smallest absolute Gasteiger partial charge is 0.317 e. The fraction of sp³-hybridized carbons (Fsp3) is 0.278. The molecule has 0 saturated heterocycles. The number of hydrogen-bond donors (Lipinski definition) is 1. The van der Waals surface area contributed by atoms with Crippen molar-refractivity contribution >= 4 is 11.6 Å². The third-order valence-electron chi connectivity index (χ3n) is 4.24. The number of carbonyl (C=O) groups is 1. The van der Waals surface area contributed by atoms with Gasteiger partial charge in [0.2, 0.25) is 0 Å². The molecule has 2 heterocycles. The number of rotatable bonds is 5. The molecule has 2 aromatic heterocycles. The summed E-state index contributed by atoms with van der Waals surface area (Å²) in [6.07, 6.45) is 1.07. The highest BCUT2D eigenvalue weighted by atomic mass is 19.3. The lowest BCUT2D eigenvalue weighted by Crippen LogP contribution is -2.15. The average Bonchev–Trinajstić information content (AvgIpc) is 3.18. The van der Waals surface area contributed by atoms with Gasteiger partial charge in [0.15, 0.2) is 5.69 Å². The van der Waals surface area contributed by atoms with E-state index in [1.807, 2.05) is 42.8 Å². The number of alkyl halides is 2. The highest BCUT2D eigenvalue weighted by molar-refractivity contribution is 6.03. The molecule has 0 radical (unpaired) electrons. The van der Waals surface area contributed by atoms with E-state index in [0.717, 1.165) is 23.0 Å². The molecule has 6 nitrogen and oxygen atoms in total. The van der Waals surface area contributed by atoms with Crippen LogP contribution in [0.15, 0.2) is 36.5 Å². The lowest BCUT2D eigenvalue weighted by Gasteiger charge is -2.08. The van der Waals surface area contributed by atoms with Crippen molar-refractivity contribution in [3.63, 3.8) is 0 Å². The molecule has 0 unspecified atom stereocenters. The van der Waals surface area contributed by atoms with Crippen LogP contribution in [0.1, 0.15) is 39.6 Å². The largest absolute Gasteiger partial charge is 0.333 e. The van der Waals surface area contributed by atoms with Crippen LogP contribution < -0.4 is 5.32 Å². The molecule has 8 heteroatoms. The Morgan fingerprint density at radius 3 is 2.54 bits per heavy atom.